The van der Waals surface area contributed by atoms with Gasteiger partial charge < -0.3 is 0 Å². The van der Waals surface area contributed by atoms with Crippen LogP contribution >= 0.6 is 0 Å². The molecule has 0 bridgehead atoms. The molecule has 2 aromatic rings. The maximum atomic E-state index is 4.50. The fourth-order valence-electron chi connectivity index (χ4n) is 2.16. The van der Waals surface area contributed by atoms with Crippen LogP contribution in [0, 0.1) is 5.41 Å². The largest absolute Gasteiger partial charge is 0.256 e. The van der Waals surface area contributed by atoms with Crippen LogP contribution in [0.4, 0.5) is 0 Å². The lowest BCUT2D eigenvalue weighted by Gasteiger charge is -2.17. The van der Waals surface area contributed by atoms with E-state index in [1.807, 2.05) is 18.3 Å². The number of hydrogen-bond donors (Lipinski definition) is 0. The molecule has 0 spiro atoms. The molecule has 2 rings (SSSR count). The van der Waals surface area contributed by atoms with Crippen molar-refractivity contribution in [3.63, 3.8) is 0 Å². The van der Waals surface area contributed by atoms with Gasteiger partial charge in [0.2, 0.25) is 0 Å². The van der Waals surface area contributed by atoms with E-state index >= 15 is 0 Å². The summed E-state index contributed by atoms with van der Waals surface area (Å²) in [7, 11) is 0. The minimum absolute atomic E-state index is 0.364. The van der Waals surface area contributed by atoms with Gasteiger partial charge in [0, 0.05) is 11.8 Å². The number of nitrogens with zero attached hydrogens (tertiary/aromatic N) is 1. The van der Waals surface area contributed by atoms with E-state index in [0.717, 1.165) is 12.1 Å². The standard InChI is InChI=1S/C19H23N/c1-19(2,3)14-9-12-17(16-10-5-4-6-11-16)18-13-7-8-15-20-18/h4-8,10-13,15H,9,14H2,1-3H3/b17-12+. The summed E-state index contributed by atoms with van der Waals surface area (Å²) >= 11 is 0. The first-order valence-electron chi connectivity index (χ1n) is 7.23. The van der Waals surface area contributed by atoms with Crippen molar-refractivity contribution >= 4 is 5.57 Å². The Balaban J connectivity index is 2.28. The summed E-state index contributed by atoms with van der Waals surface area (Å²) in [6, 6.07) is 16.6. The van der Waals surface area contributed by atoms with E-state index in [0.29, 0.717) is 5.41 Å². The van der Waals surface area contributed by atoms with Crippen molar-refractivity contribution in [3.05, 3.63) is 72.1 Å². The zero-order valence-electron chi connectivity index (χ0n) is 12.6. The summed E-state index contributed by atoms with van der Waals surface area (Å²) < 4.78 is 0. The quantitative estimate of drug-likeness (QED) is 0.727. The molecule has 0 N–H and O–H groups in total. The fourth-order valence-corrected chi connectivity index (χ4v) is 2.16. The van der Waals surface area contributed by atoms with E-state index in [2.05, 4.69) is 68.2 Å². The normalized spacial score (nSPS) is 12.4. The van der Waals surface area contributed by atoms with E-state index in [4.69, 9.17) is 0 Å². The van der Waals surface area contributed by atoms with Crippen LogP contribution in [-0.4, -0.2) is 4.98 Å². The Morgan fingerprint density at radius 1 is 1.00 bits per heavy atom. The van der Waals surface area contributed by atoms with Gasteiger partial charge >= 0.3 is 0 Å². The molecule has 1 aromatic heterocycles. The molecular weight excluding hydrogens is 242 g/mol. The second kappa shape index (κ2) is 6.51. The van der Waals surface area contributed by atoms with Gasteiger partial charge in [0.1, 0.15) is 0 Å². The highest BCUT2D eigenvalue weighted by Crippen LogP contribution is 2.26. The van der Waals surface area contributed by atoms with Crippen LogP contribution < -0.4 is 0 Å². The lowest BCUT2D eigenvalue weighted by molar-refractivity contribution is 0.381. The van der Waals surface area contributed by atoms with Crippen LogP contribution in [0.3, 0.4) is 0 Å². The van der Waals surface area contributed by atoms with Crippen molar-refractivity contribution in [1.82, 2.24) is 4.98 Å². The first-order chi connectivity index (χ1) is 9.56. The van der Waals surface area contributed by atoms with Gasteiger partial charge in [-0.05, 0) is 36.0 Å². The van der Waals surface area contributed by atoms with E-state index in [9.17, 15) is 0 Å². The average molecular weight is 265 g/mol. The van der Waals surface area contributed by atoms with E-state index in [-0.39, 0.29) is 0 Å². The highest BCUT2D eigenvalue weighted by atomic mass is 14.7. The zero-order chi connectivity index (χ0) is 14.4. The van der Waals surface area contributed by atoms with Crippen LogP contribution in [0.25, 0.3) is 5.57 Å². The van der Waals surface area contributed by atoms with Gasteiger partial charge in [-0.1, -0.05) is 63.2 Å². The number of allylic oxidation sites excluding steroid dienone is 1. The molecule has 0 amide bonds. The van der Waals surface area contributed by atoms with Gasteiger partial charge in [0.25, 0.3) is 0 Å². The van der Waals surface area contributed by atoms with Crippen LogP contribution in [0.2, 0.25) is 0 Å². The van der Waals surface area contributed by atoms with E-state index in [1.54, 1.807) is 0 Å². The minimum atomic E-state index is 0.364. The highest BCUT2D eigenvalue weighted by Gasteiger charge is 2.10. The Hall–Kier alpha value is -1.89. The predicted molar refractivity (Wildman–Crippen MR) is 86.4 cm³/mol. The summed E-state index contributed by atoms with van der Waals surface area (Å²) in [5, 5.41) is 0. The summed E-state index contributed by atoms with van der Waals surface area (Å²) in [5.41, 5.74) is 3.88. The molecule has 20 heavy (non-hydrogen) atoms. The zero-order valence-corrected chi connectivity index (χ0v) is 12.6. The summed E-state index contributed by atoms with van der Waals surface area (Å²) in [4.78, 5) is 4.50. The molecule has 0 radical (unpaired) electrons. The molecule has 0 unspecified atom stereocenters. The maximum Gasteiger partial charge on any atom is 0.0704 e. The topological polar surface area (TPSA) is 12.9 Å². The molecule has 1 nitrogen and oxygen atoms in total. The van der Waals surface area contributed by atoms with E-state index < -0.39 is 0 Å². The van der Waals surface area contributed by atoms with Gasteiger partial charge in [-0.25, -0.2) is 0 Å². The average Bonchev–Trinajstić information content (AvgIpc) is 2.44. The van der Waals surface area contributed by atoms with Gasteiger partial charge in [0.05, 0.1) is 5.69 Å². The van der Waals surface area contributed by atoms with Crippen molar-refractivity contribution in [2.24, 2.45) is 5.41 Å². The smallest absolute Gasteiger partial charge is 0.0704 e. The molecule has 1 aromatic carbocycles. The summed E-state index contributed by atoms with van der Waals surface area (Å²) in [6.07, 6.45) is 6.43. The Morgan fingerprint density at radius 3 is 2.30 bits per heavy atom. The number of benzene rings is 1. The Bertz CT molecular complexity index is 506. The van der Waals surface area contributed by atoms with E-state index in [1.165, 1.54) is 17.6 Å². The summed E-state index contributed by atoms with van der Waals surface area (Å²) in [5.74, 6) is 0. The summed E-state index contributed by atoms with van der Waals surface area (Å²) in [6.45, 7) is 6.84. The van der Waals surface area contributed by atoms with Crippen molar-refractivity contribution < 1.29 is 0 Å². The SMILES string of the molecule is CC(C)(C)CC/C=C(\c1ccccc1)c1ccccn1. The third-order valence-electron chi connectivity index (χ3n) is 3.27. The Kier molecular flexibility index (Phi) is 4.73. The first kappa shape index (κ1) is 14.5. The molecule has 1 heterocycles. The van der Waals surface area contributed by atoms with Gasteiger partial charge in [0.15, 0.2) is 0 Å². The predicted octanol–water partition coefficient (Wildman–Crippen LogP) is 5.34. The van der Waals surface area contributed by atoms with Crippen molar-refractivity contribution in [2.45, 2.75) is 33.6 Å². The van der Waals surface area contributed by atoms with Gasteiger partial charge in [-0.15, -0.1) is 0 Å². The minimum Gasteiger partial charge on any atom is -0.256 e. The van der Waals surface area contributed by atoms with Crippen molar-refractivity contribution in [1.29, 1.82) is 0 Å². The lowest BCUT2D eigenvalue weighted by atomic mass is 9.89. The molecule has 0 saturated heterocycles. The fraction of sp³-hybridized carbons (Fsp3) is 0.316. The van der Waals surface area contributed by atoms with Crippen LogP contribution in [0.5, 0.6) is 0 Å². The number of rotatable bonds is 4. The third kappa shape index (κ3) is 4.34. The number of pyridine rings is 1. The Labute approximate surface area is 122 Å². The lowest BCUT2D eigenvalue weighted by Crippen LogP contribution is -2.03. The molecule has 0 fully saturated rings. The molecule has 0 atom stereocenters. The molecule has 0 aliphatic heterocycles. The van der Waals surface area contributed by atoms with Crippen LogP contribution in [-0.2, 0) is 0 Å². The maximum absolute atomic E-state index is 4.50. The van der Waals surface area contributed by atoms with Gasteiger partial charge in [-0.3, -0.25) is 4.98 Å². The van der Waals surface area contributed by atoms with Crippen molar-refractivity contribution in [2.75, 3.05) is 0 Å². The first-order valence-corrected chi connectivity index (χ1v) is 7.23. The molecule has 0 saturated carbocycles. The van der Waals surface area contributed by atoms with Crippen LogP contribution in [0.15, 0.2) is 60.8 Å². The van der Waals surface area contributed by atoms with Gasteiger partial charge in [-0.2, -0.15) is 0 Å². The molecule has 0 aliphatic rings. The Morgan fingerprint density at radius 2 is 1.70 bits per heavy atom. The molecular formula is C19H23N. The second-order valence-electron chi connectivity index (χ2n) is 6.30. The second-order valence-corrected chi connectivity index (χ2v) is 6.30. The number of hydrogen-bond acceptors (Lipinski definition) is 1. The highest BCUT2D eigenvalue weighted by molar-refractivity contribution is 5.77. The van der Waals surface area contributed by atoms with Crippen molar-refractivity contribution in [3.8, 4) is 0 Å². The number of aromatic nitrogens is 1. The molecule has 0 aliphatic carbocycles. The molecule has 1 heteroatoms. The van der Waals surface area contributed by atoms with Crippen LogP contribution in [0.1, 0.15) is 44.9 Å². The third-order valence-corrected chi connectivity index (χ3v) is 3.27. The monoisotopic (exact) mass is 265 g/mol. The molecule has 104 valence electrons.